The second-order valence-corrected chi connectivity index (χ2v) is 2.88. The molecule has 2 heterocycles. The summed E-state index contributed by atoms with van der Waals surface area (Å²) in [5.41, 5.74) is 0. The van der Waals surface area contributed by atoms with Gasteiger partial charge in [-0.3, -0.25) is 0 Å². The summed E-state index contributed by atoms with van der Waals surface area (Å²) in [6.45, 7) is 3.57. The Labute approximate surface area is 56.0 Å². The van der Waals surface area contributed by atoms with E-state index in [9.17, 15) is 0 Å². The van der Waals surface area contributed by atoms with Crippen molar-refractivity contribution in [1.29, 1.82) is 0 Å². The summed E-state index contributed by atoms with van der Waals surface area (Å²) in [5, 5.41) is 6.86. The van der Waals surface area contributed by atoms with E-state index in [1.165, 1.54) is 25.9 Å². The second-order valence-electron chi connectivity index (χ2n) is 2.88. The Morgan fingerprint density at radius 1 is 1.33 bits per heavy atom. The quantitative estimate of drug-likeness (QED) is 0.473. The van der Waals surface area contributed by atoms with Gasteiger partial charge in [-0.1, -0.05) is 0 Å². The van der Waals surface area contributed by atoms with Crippen LogP contribution in [-0.4, -0.2) is 25.7 Å². The van der Waals surface area contributed by atoms with Crippen LogP contribution in [0.15, 0.2) is 0 Å². The molecule has 0 aliphatic carbocycles. The van der Waals surface area contributed by atoms with Gasteiger partial charge in [-0.2, -0.15) is 0 Å². The fraction of sp³-hybridized carbons (Fsp3) is 0.857. The Bertz CT molecular complexity index is 91.1. The van der Waals surface area contributed by atoms with Crippen LogP contribution in [0.1, 0.15) is 12.8 Å². The Morgan fingerprint density at radius 3 is 3.22 bits per heavy atom. The molecule has 0 bridgehead atoms. The fourth-order valence-corrected chi connectivity index (χ4v) is 1.74. The van der Waals surface area contributed by atoms with E-state index in [1.54, 1.807) is 5.92 Å². The minimum absolute atomic E-state index is 0.770. The van der Waals surface area contributed by atoms with E-state index in [0.717, 1.165) is 12.6 Å². The number of hydrogen-bond donors (Lipinski definition) is 2. The SMILES string of the molecule is C1CC2NCC[C]2CN1. The average molecular weight is 125 g/mol. The van der Waals surface area contributed by atoms with Crippen molar-refractivity contribution in [1.82, 2.24) is 10.6 Å². The van der Waals surface area contributed by atoms with Gasteiger partial charge in [-0.25, -0.2) is 0 Å². The first kappa shape index (κ1) is 5.69. The molecule has 2 aliphatic heterocycles. The van der Waals surface area contributed by atoms with E-state index in [1.807, 2.05) is 0 Å². The zero-order valence-corrected chi connectivity index (χ0v) is 5.61. The Morgan fingerprint density at radius 2 is 2.33 bits per heavy atom. The van der Waals surface area contributed by atoms with Crippen molar-refractivity contribution in [3.05, 3.63) is 5.92 Å². The lowest BCUT2D eigenvalue weighted by Crippen LogP contribution is -2.40. The Balaban J connectivity index is 1.97. The maximum absolute atomic E-state index is 3.48. The lowest BCUT2D eigenvalue weighted by Gasteiger charge is -2.24. The van der Waals surface area contributed by atoms with E-state index in [4.69, 9.17) is 0 Å². The molecule has 2 saturated heterocycles. The topological polar surface area (TPSA) is 24.1 Å². The highest BCUT2D eigenvalue weighted by Crippen LogP contribution is 2.21. The normalized spacial score (nSPS) is 36.7. The third-order valence-electron chi connectivity index (χ3n) is 2.29. The van der Waals surface area contributed by atoms with Crippen LogP contribution in [0.5, 0.6) is 0 Å². The zero-order valence-electron chi connectivity index (χ0n) is 5.61. The summed E-state index contributed by atoms with van der Waals surface area (Å²) in [5.74, 6) is 1.70. The lowest BCUT2D eigenvalue weighted by atomic mass is 9.95. The number of hydrogen-bond acceptors (Lipinski definition) is 2. The molecule has 0 aromatic carbocycles. The van der Waals surface area contributed by atoms with Gasteiger partial charge in [0.05, 0.1) is 0 Å². The minimum Gasteiger partial charge on any atom is -0.316 e. The van der Waals surface area contributed by atoms with Crippen LogP contribution >= 0.6 is 0 Å². The smallest absolute Gasteiger partial charge is 0.0155 e. The van der Waals surface area contributed by atoms with Gasteiger partial charge < -0.3 is 10.6 Å². The third-order valence-corrected chi connectivity index (χ3v) is 2.29. The van der Waals surface area contributed by atoms with Crippen molar-refractivity contribution >= 4 is 0 Å². The van der Waals surface area contributed by atoms with Crippen LogP contribution < -0.4 is 10.6 Å². The predicted octanol–water partition coefficient (Wildman–Crippen LogP) is -0.0839. The second kappa shape index (κ2) is 2.27. The zero-order chi connectivity index (χ0) is 6.10. The number of rotatable bonds is 0. The molecule has 1 unspecified atom stereocenters. The molecule has 0 saturated carbocycles. The highest BCUT2D eigenvalue weighted by Gasteiger charge is 2.28. The molecule has 2 N–H and O–H groups in total. The summed E-state index contributed by atoms with van der Waals surface area (Å²) in [4.78, 5) is 0. The molecule has 1 atom stereocenters. The van der Waals surface area contributed by atoms with Crippen LogP contribution in [0.2, 0.25) is 0 Å². The molecule has 0 aromatic heterocycles. The first-order valence-corrected chi connectivity index (χ1v) is 3.75. The van der Waals surface area contributed by atoms with Crippen LogP contribution in [-0.2, 0) is 0 Å². The molecule has 51 valence electrons. The Kier molecular flexibility index (Phi) is 1.44. The van der Waals surface area contributed by atoms with Gasteiger partial charge >= 0.3 is 0 Å². The van der Waals surface area contributed by atoms with E-state index >= 15 is 0 Å². The van der Waals surface area contributed by atoms with Crippen molar-refractivity contribution in [2.75, 3.05) is 19.6 Å². The van der Waals surface area contributed by atoms with Gasteiger partial charge in [-0.05, 0) is 25.9 Å². The molecule has 1 radical (unpaired) electrons. The fourth-order valence-electron chi connectivity index (χ4n) is 1.74. The largest absolute Gasteiger partial charge is 0.316 e. The van der Waals surface area contributed by atoms with Crippen molar-refractivity contribution in [2.45, 2.75) is 18.9 Å². The van der Waals surface area contributed by atoms with Gasteiger partial charge in [-0.15, -0.1) is 0 Å². The van der Waals surface area contributed by atoms with Crippen molar-refractivity contribution < 1.29 is 0 Å². The highest BCUT2D eigenvalue weighted by molar-refractivity contribution is 5.10. The summed E-state index contributed by atoms with van der Waals surface area (Å²) in [6, 6.07) is 0.770. The molecule has 2 nitrogen and oxygen atoms in total. The minimum atomic E-state index is 0.770. The molecular formula is C7H13N2. The molecule has 0 spiro atoms. The van der Waals surface area contributed by atoms with E-state index in [0.29, 0.717) is 0 Å². The maximum Gasteiger partial charge on any atom is 0.0155 e. The molecule has 9 heavy (non-hydrogen) atoms. The van der Waals surface area contributed by atoms with Crippen LogP contribution in [0.25, 0.3) is 0 Å². The Hall–Kier alpha value is -0.0800. The van der Waals surface area contributed by atoms with Crippen molar-refractivity contribution in [3.63, 3.8) is 0 Å². The number of piperidine rings is 1. The van der Waals surface area contributed by atoms with Crippen LogP contribution in [0.3, 0.4) is 0 Å². The van der Waals surface area contributed by atoms with Crippen LogP contribution in [0, 0.1) is 5.92 Å². The van der Waals surface area contributed by atoms with Crippen molar-refractivity contribution in [2.24, 2.45) is 0 Å². The molecule has 2 aliphatic rings. The number of nitrogens with one attached hydrogen (secondary N) is 2. The summed E-state index contributed by atoms with van der Waals surface area (Å²) in [6.07, 6.45) is 2.60. The van der Waals surface area contributed by atoms with E-state index in [-0.39, 0.29) is 0 Å². The summed E-state index contributed by atoms with van der Waals surface area (Å²) in [7, 11) is 0. The lowest BCUT2D eigenvalue weighted by molar-refractivity contribution is 0.476. The first-order chi connectivity index (χ1) is 4.47. The standard InChI is InChI=1S/C7H13N2/c1-4-9-7-2-3-8-5-6(1)7/h7-9H,1-5H2. The third kappa shape index (κ3) is 0.970. The molecule has 0 aromatic rings. The first-order valence-electron chi connectivity index (χ1n) is 3.75. The molecule has 2 rings (SSSR count). The van der Waals surface area contributed by atoms with E-state index < -0.39 is 0 Å². The molecule has 0 amide bonds. The summed E-state index contributed by atoms with van der Waals surface area (Å²) < 4.78 is 0. The van der Waals surface area contributed by atoms with Gasteiger partial charge in [0.1, 0.15) is 0 Å². The maximum atomic E-state index is 3.48. The number of fused-ring (bicyclic) bond motifs is 1. The van der Waals surface area contributed by atoms with Crippen molar-refractivity contribution in [3.8, 4) is 0 Å². The van der Waals surface area contributed by atoms with Crippen LogP contribution in [0.4, 0.5) is 0 Å². The van der Waals surface area contributed by atoms with Gasteiger partial charge in [0.2, 0.25) is 0 Å². The molecular weight excluding hydrogens is 112 g/mol. The van der Waals surface area contributed by atoms with Gasteiger partial charge in [0.25, 0.3) is 0 Å². The van der Waals surface area contributed by atoms with E-state index in [2.05, 4.69) is 10.6 Å². The van der Waals surface area contributed by atoms with Gasteiger partial charge in [0, 0.05) is 18.5 Å². The van der Waals surface area contributed by atoms with Gasteiger partial charge in [0.15, 0.2) is 0 Å². The molecule has 2 heteroatoms. The average Bonchev–Trinajstić information content (AvgIpc) is 2.33. The molecule has 2 fully saturated rings. The highest BCUT2D eigenvalue weighted by atomic mass is 15.0. The monoisotopic (exact) mass is 125 g/mol. The summed E-state index contributed by atoms with van der Waals surface area (Å²) >= 11 is 0. The predicted molar refractivity (Wildman–Crippen MR) is 37.1 cm³/mol.